The molecule has 1 nitrogen and oxygen atoms in total. The summed E-state index contributed by atoms with van der Waals surface area (Å²) in [5, 5.41) is 0. The van der Waals surface area contributed by atoms with Crippen LogP contribution in [0.5, 0.6) is 0 Å². The van der Waals surface area contributed by atoms with E-state index in [4.69, 9.17) is 0 Å². The fourth-order valence-corrected chi connectivity index (χ4v) is 0. The van der Waals surface area contributed by atoms with Gasteiger partial charge < -0.3 is 6.90 Å². The van der Waals surface area contributed by atoms with E-state index in [2.05, 4.69) is 0 Å². The van der Waals surface area contributed by atoms with Crippen LogP contribution >= 0.6 is 0 Å². The van der Waals surface area contributed by atoms with Gasteiger partial charge in [-0.1, -0.05) is 0 Å². The summed E-state index contributed by atoms with van der Waals surface area (Å²) in [5.74, 6) is 0. The molecule has 0 saturated heterocycles. The molecule has 0 aliphatic heterocycles. The molecular formula is H7GeLiOV. The molecule has 0 amide bonds. The minimum absolute atomic E-state index is 0. The third kappa shape index (κ3) is 9.36. The molecule has 0 bridgehead atoms. The Morgan fingerprint density at radius 3 is 1.25 bits per heavy atom. The molecule has 4 heteroatoms. The van der Waals surface area contributed by atoms with E-state index >= 15 is 0 Å². The smallest absolute Gasteiger partial charge is 1.00 e. The van der Waals surface area contributed by atoms with E-state index in [0.717, 1.165) is 0 Å². The molecule has 0 aliphatic rings. The van der Waals surface area contributed by atoms with Gasteiger partial charge in [0.1, 0.15) is 0 Å². The van der Waals surface area contributed by atoms with Crippen molar-refractivity contribution in [2.24, 2.45) is 0 Å². The van der Waals surface area contributed by atoms with Gasteiger partial charge in [-0.2, -0.15) is 0 Å². The zero-order valence-corrected chi connectivity index (χ0v) is 3.34. The summed E-state index contributed by atoms with van der Waals surface area (Å²) in [4.78, 5) is 0. The number of rotatable bonds is 0. The van der Waals surface area contributed by atoms with Crippen LogP contribution in [0.4, 0.5) is 0 Å². The van der Waals surface area contributed by atoms with Gasteiger partial charge in [0.2, 0.25) is 0 Å². The SMILES string of the molecule is O.[GeH4].[H-].[Li+].[V]. The molecule has 0 aromatic heterocycles. The Kier molecular flexibility index (Phi) is 246. The summed E-state index contributed by atoms with van der Waals surface area (Å²) in [5.41, 5.74) is 0. The molecule has 0 saturated carbocycles. The second-order valence-electron chi connectivity index (χ2n) is 0. The van der Waals surface area contributed by atoms with Crippen molar-refractivity contribution in [2.45, 2.75) is 0 Å². The topological polar surface area (TPSA) is 31.5 Å². The Labute approximate surface area is 61.7 Å². The van der Waals surface area contributed by atoms with Gasteiger partial charge >= 0.3 is 36.5 Å². The van der Waals surface area contributed by atoms with Crippen LogP contribution in [0.25, 0.3) is 0 Å². The summed E-state index contributed by atoms with van der Waals surface area (Å²) in [6.45, 7) is 0. The fourth-order valence-electron chi connectivity index (χ4n) is 0. The van der Waals surface area contributed by atoms with Gasteiger partial charge in [-0.15, -0.1) is 0 Å². The van der Waals surface area contributed by atoms with Crippen LogP contribution in [-0.4, -0.2) is 23.1 Å². The number of hydrogen-bond donors (Lipinski definition) is 0. The van der Waals surface area contributed by atoms with E-state index in [0.29, 0.717) is 0 Å². The van der Waals surface area contributed by atoms with Crippen LogP contribution in [0, 0.1) is 0 Å². The second kappa shape index (κ2) is 22.4. The first-order valence-corrected chi connectivity index (χ1v) is 0. The molecule has 1 radical (unpaired) electrons. The maximum atomic E-state index is 0. The van der Waals surface area contributed by atoms with Crippen LogP contribution in [0.3, 0.4) is 0 Å². The normalized spacial score (nSPS) is 0. The van der Waals surface area contributed by atoms with E-state index in [1.54, 1.807) is 0 Å². The summed E-state index contributed by atoms with van der Waals surface area (Å²) >= 11 is 0. The minimum atomic E-state index is 0. The molecule has 0 fully saturated rings. The molecule has 2 N–H and O–H groups in total. The van der Waals surface area contributed by atoms with Gasteiger partial charge in [-0.25, -0.2) is 0 Å². The van der Waals surface area contributed by atoms with Crippen molar-refractivity contribution in [3.8, 4) is 0 Å². The summed E-state index contributed by atoms with van der Waals surface area (Å²) < 4.78 is 0. The van der Waals surface area contributed by atoms with Crippen LogP contribution in [0.2, 0.25) is 0 Å². The molecule has 0 unspecified atom stereocenters. The maximum absolute atomic E-state index is 0. The first-order valence-electron chi connectivity index (χ1n) is 0. The molecule has 0 heterocycles. The van der Waals surface area contributed by atoms with E-state index in [1.807, 2.05) is 0 Å². The Balaban J connectivity index is 0. The van der Waals surface area contributed by atoms with E-state index in [-0.39, 0.29) is 61.9 Å². The van der Waals surface area contributed by atoms with Gasteiger partial charge in [0.05, 0.1) is 0 Å². The van der Waals surface area contributed by atoms with Gasteiger partial charge in [-0.3, -0.25) is 0 Å². The predicted octanol–water partition coefficient (Wildman–Crippen LogP) is -5.16. The molecule has 0 spiro atoms. The minimum Gasteiger partial charge on any atom is -1.00 e. The van der Waals surface area contributed by atoms with Gasteiger partial charge in [-0.05, 0) is 0 Å². The Hall–Kier alpha value is 1.68. The first-order chi connectivity index (χ1) is 0. The van der Waals surface area contributed by atoms with Crippen LogP contribution in [0.1, 0.15) is 1.43 Å². The summed E-state index contributed by atoms with van der Waals surface area (Å²) in [6.07, 6.45) is 0. The second-order valence-corrected chi connectivity index (χ2v) is 0. The molecule has 0 aromatic carbocycles. The summed E-state index contributed by atoms with van der Waals surface area (Å²) in [6, 6.07) is 0. The van der Waals surface area contributed by atoms with Crippen molar-refractivity contribution < 1.29 is 44.3 Å². The fraction of sp³-hybridized carbons (Fsp3) is 0. The van der Waals surface area contributed by atoms with Gasteiger partial charge in [0.25, 0.3) is 0 Å². The van der Waals surface area contributed by atoms with E-state index in [1.165, 1.54) is 0 Å². The van der Waals surface area contributed by atoms with Crippen molar-refractivity contribution in [1.82, 2.24) is 0 Å². The van der Waals surface area contributed by atoms with Crippen LogP contribution < -0.4 is 18.9 Å². The number of hydrogen-bond acceptors (Lipinski definition) is 0. The molecule has 0 aliphatic carbocycles. The van der Waals surface area contributed by atoms with Gasteiger partial charge in [0.15, 0.2) is 0 Å². The molecule has 0 atom stereocenters. The van der Waals surface area contributed by atoms with Gasteiger partial charge in [0, 0.05) is 18.6 Å². The zero-order chi connectivity index (χ0) is 0. The average Bonchev–Trinajstić information content (AvgIpc) is 0. The largest absolute Gasteiger partial charge is 1.00 e. The predicted molar refractivity (Wildman–Crippen MR) is 16.1 cm³/mol. The molecule has 0 aromatic rings. The first kappa shape index (κ1) is 44.0. The Morgan fingerprint density at radius 1 is 1.25 bits per heavy atom. The zero-order valence-electron chi connectivity index (χ0n) is 2.95. The van der Waals surface area contributed by atoms with Crippen molar-refractivity contribution in [3.05, 3.63) is 0 Å². The molecule has 23 valence electrons. The quantitative estimate of drug-likeness (QED) is 0.312. The average molecular weight is 154 g/mol. The Bertz CT molecular complexity index is 11.6. The maximum Gasteiger partial charge on any atom is 1.00 e. The van der Waals surface area contributed by atoms with Crippen LogP contribution in [0.15, 0.2) is 0 Å². The standard InChI is InChI=1S/GeH4.Li.H2O.V.H/h1H4;;1H2;;/q;+1;;;-1. The van der Waals surface area contributed by atoms with Crippen molar-refractivity contribution in [2.75, 3.05) is 0 Å². The molecular weight excluding hydrogens is 146 g/mol. The van der Waals surface area contributed by atoms with Crippen molar-refractivity contribution in [1.29, 1.82) is 0 Å². The van der Waals surface area contributed by atoms with Crippen LogP contribution in [-0.2, 0) is 18.6 Å². The summed E-state index contributed by atoms with van der Waals surface area (Å²) in [7, 11) is 0. The van der Waals surface area contributed by atoms with Crippen molar-refractivity contribution >= 4 is 17.6 Å². The molecule has 4 heavy (non-hydrogen) atoms. The third-order valence-electron chi connectivity index (χ3n) is 0. The van der Waals surface area contributed by atoms with E-state index < -0.39 is 0 Å². The van der Waals surface area contributed by atoms with E-state index in [9.17, 15) is 0 Å². The monoisotopic (exact) mass is 155 g/mol. The van der Waals surface area contributed by atoms with Crippen molar-refractivity contribution in [3.63, 3.8) is 0 Å². The Morgan fingerprint density at radius 2 is 1.25 bits per heavy atom. The third-order valence-corrected chi connectivity index (χ3v) is 0. The molecule has 0 rings (SSSR count).